The van der Waals surface area contributed by atoms with Crippen molar-refractivity contribution in [3.05, 3.63) is 47.4 Å². The van der Waals surface area contributed by atoms with E-state index in [1.165, 1.54) is 11.8 Å². The third-order valence-electron chi connectivity index (χ3n) is 4.88. The molecule has 2 heterocycles. The van der Waals surface area contributed by atoms with Crippen LogP contribution in [0.25, 0.3) is 22.0 Å². The smallest absolute Gasteiger partial charge is 0.340 e. The van der Waals surface area contributed by atoms with Crippen molar-refractivity contribution in [3.8, 4) is 17.2 Å². The van der Waals surface area contributed by atoms with E-state index in [2.05, 4.69) is 28.4 Å². The van der Waals surface area contributed by atoms with Crippen LogP contribution < -0.4 is 5.32 Å². The van der Waals surface area contributed by atoms with Crippen molar-refractivity contribution >= 4 is 22.8 Å². The van der Waals surface area contributed by atoms with E-state index in [9.17, 15) is 14.9 Å². The number of benzene rings is 1. The van der Waals surface area contributed by atoms with Gasteiger partial charge >= 0.3 is 5.97 Å². The van der Waals surface area contributed by atoms with E-state index in [0.717, 1.165) is 19.3 Å². The van der Waals surface area contributed by atoms with Crippen LogP contribution in [0.1, 0.15) is 52.7 Å². The van der Waals surface area contributed by atoms with Crippen LogP contribution in [0.5, 0.6) is 0 Å². The quantitative estimate of drug-likeness (QED) is 0.477. The second-order valence-electron chi connectivity index (χ2n) is 6.85. The molecule has 0 spiro atoms. The molecule has 3 aromatic rings. The lowest BCUT2D eigenvalue weighted by atomic mass is 9.98. The Labute approximate surface area is 174 Å². The molecule has 8 nitrogen and oxygen atoms in total. The van der Waals surface area contributed by atoms with Crippen molar-refractivity contribution in [2.24, 2.45) is 7.05 Å². The molecule has 2 aromatic heterocycles. The van der Waals surface area contributed by atoms with Gasteiger partial charge in [0.25, 0.3) is 5.91 Å². The predicted molar refractivity (Wildman–Crippen MR) is 112 cm³/mol. The Morgan fingerprint density at radius 1 is 1.27 bits per heavy atom. The van der Waals surface area contributed by atoms with Crippen molar-refractivity contribution in [1.82, 2.24) is 20.1 Å². The number of hydrogen-bond donors (Lipinski definition) is 1. The average molecular weight is 405 g/mol. The number of nitriles is 1. The van der Waals surface area contributed by atoms with E-state index in [1.807, 2.05) is 0 Å². The van der Waals surface area contributed by atoms with Crippen LogP contribution in [0.4, 0.5) is 0 Å². The number of carbonyl (C=O) groups is 2. The molecule has 1 N–H and O–H groups in total. The highest BCUT2D eigenvalue weighted by molar-refractivity contribution is 6.09. The molecule has 0 saturated heterocycles. The van der Waals surface area contributed by atoms with E-state index in [0.29, 0.717) is 34.3 Å². The van der Waals surface area contributed by atoms with Gasteiger partial charge in [-0.25, -0.2) is 9.78 Å². The van der Waals surface area contributed by atoms with Gasteiger partial charge in [-0.2, -0.15) is 10.4 Å². The molecule has 0 atom stereocenters. The Morgan fingerprint density at radius 3 is 2.77 bits per heavy atom. The number of para-hydroxylation sites is 1. The molecule has 3 rings (SSSR count). The Morgan fingerprint density at radius 2 is 2.07 bits per heavy atom. The fourth-order valence-corrected chi connectivity index (χ4v) is 3.30. The number of pyridine rings is 1. The number of nitrogens with one attached hydrogen (secondary N) is 1. The Kier molecular flexibility index (Phi) is 6.42. The number of hydrogen-bond acceptors (Lipinski definition) is 6. The van der Waals surface area contributed by atoms with Gasteiger partial charge in [0.15, 0.2) is 0 Å². The van der Waals surface area contributed by atoms with E-state index in [4.69, 9.17) is 4.74 Å². The van der Waals surface area contributed by atoms with Gasteiger partial charge in [0.05, 0.1) is 24.4 Å². The first-order valence-electron chi connectivity index (χ1n) is 9.74. The highest BCUT2D eigenvalue weighted by atomic mass is 16.5. The third-order valence-corrected chi connectivity index (χ3v) is 4.88. The number of methoxy groups -OCH3 is 1. The summed E-state index contributed by atoms with van der Waals surface area (Å²) in [6.07, 6.45) is 4.51. The largest absolute Gasteiger partial charge is 0.465 e. The summed E-state index contributed by atoms with van der Waals surface area (Å²) < 4.78 is 6.35. The number of aryl methyl sites for hydroxylation is 1. The van der Waals surface area contributed by atoms with Crippen LogP contribution in [0, 0.1) is 11.3 Å². The molecule has 8 heteroatoms. The Hall–Kier alpha value is -3.73. The Bertz CT molecular complexity index is 1140. The van der Waals surface area contributed by atoms with Crippen LogP contribution in [0.2, 0.25) is 0 Å². The van der Waals surface area contributed by atoms with Crippen molar-refractivity contribution in [3.63, 3.8) is 0 Å². The normalized spacial score (nSPS) is 10.6. The zero-order chi connectivity index (χ0) is 21.7. The van der Waals surface area contributed by atoms with Crippen molar-refractivity contribution < 1.29 is 14.3 Å². The maximum Gasteiger partial charge on any atom is 0.340 e. The number of fused-ring (bicyclic) bond motifs is 1. The molecule has 30 heavy (non-hydrogen) atoms. The topological polar surface area (TPSA) is 110 Å². The molecule has 0 aliphatic carbocycles. The molecule has 1 aromatic carbocycles. The molecule has 0 saturated carbocycles. The summed E-state index contributed by atoms with van der Waals surface area (Å²) in [5, 5.41) is 17.2. The molecule has 0 fully saturated rings. The number of esters is 1. The number of rotatable bonds is 7. The van der Waals surface area contributed by atoms with Gasteiger partial charge in [0.2, 0.25) is 0 Å². The zero-order valence-electron chi connectivity index (χ0n) is 17.2. The summed E-state index contributed by atoms with van der Waals surface area (Å²) in [4.78, 5) is 29.5. The first-order chi connectivity index (χ1) is 14.5. The number of nitrogens with zero attached hydrogens (tertiary/aromatic N) is 4. The van der Waals surface area contributed by atoms with Gasteiger partial charge in [0, 0.05) is 24.5 Å². The third kappa shape index (κ3) is 4.01. The van der Waals surface area contributed by atoms with Gasteiger partial charge in [0.1, 0.15) is 17.5 Å². The number of carbonyl (C=O) groups excluding carboxylic acids is 2. The highest BCUT2D eigenvalue weighted by Crippen LogP contribution is 2.32. The van der Waals surface area contributed by atoms with Gasteiger partial charge < -0.3 is 10.1 Å². The second-order valence-corrected chi connectivity index (χ2v) is 6.85. The SMILES string of the molecule is CCCCCNC(=O)c1cc(-c2cnn(C)c2C#N)c2cccc(C(=O)OC)c2n1. The van der Waals surface area contributed by atoms with E-state index < -0.39 is 5.97 Å². The molecule has 0 aliphatic rings. The maximum atomic E-state index is 12.8. The molecular weight excluding hydrogens is 382 g/mol. The summed E-state index contributed by atoms with van der Waals surface area (Å²) in [7, 11) is 2.97. The summed E-state index contributed by atoms with van der Waals surface area (Å²) in [6.45, 7) is 2.63. The molecular formula is C22H23N5O3. The van der Waals surface area contributed by atoms with Gasteiger partial charge in [-0.1, -0.05) is 31.9 Å². The zero-order valence-corrected chi connectivity index (χ0v) is 17.2. The van der Waals surface area contributed by atoms with Crippen molar-refractivity contribution in [2.45, 2.75) is 26.2 Å². The second kappa shape index (κ2) is 9.18. The minimum atomic E-state index is -0.550. The van der Waals surface area contributed by atoms with Crippen LogP contribution in [-0.2, 0) is 11.8 Å². The van der Waals surface area contributed by atoms with Gasteiger partial charge in [-0.3, -0.25) is 9.48 Å². The lowest BCUT2D eigenvalue weighted by Gasteiger charge is -2.12. The highest BCUT2D eigenvalue weighted by Gasteiger charge is 2.21. The molecule has 154 valence electrons. The lowest BCUT2D eigenvalue weighted by Crippen LogP contribution is -2.25. The summed E-state index contributed by atoms with van der Waals surface area (Å²) >= 11 is 0. The maximum absolute atomic E-state index is 12.8. The number of unbranched alkanes of at least 4 members (excludes halogenated alkanes) is 2. The van der Waals surface area contributed by atoms with Crippen molar-refractivity contribution in [1.29, 1.82) is 5.26 Å². The van der Waals surface area contributed by atoms with Gasteiger partial charge in [-0.15, -0.1) is 0 Å². The first kappa shape index (κ1) is 21.0. The fourth-order valence-electron chi connectivity index (χ4n) is 3.30. The summed E-state index contributed by atoms with van der Waals surface area (Å²) in [6, 6.07) is 8.88. The molecule has 0 bridgehead atoms. The molecule has 0 radical (unpaired) electrons. The van der Waals surface area contributed by atoms with E-state index >= 15 is 0 Å². The molecule has 0 aliphatic heterocycles. The van der Waals surface area contributed by atoms with E-state index in [-0.39, 0.29) is 17.2 Å². The van der Waals surface area contributed by atoms with E-state index in [1.54, 1.807) is 37.5 Å². The minimum Gasteiger partial charge on any atom is -0.465 e. The molecule has 0 unspecified atom stereocenters. The standard InChI is InChI=1S/C22H23N5O3/c1-4-5-6-10-24-21(28)18-11-16(17-13-25-27(2)19(17)12-23)14-8-7-9-15(20(14)26-18)22(29)30-3/h7-9,11,13H,4-6,10H2,1-3H3,(H,24,28). The Balaban J connectivity index is 2.20. The lowest BCUT2D eigenvalue weighted by molar-refractivity contribution is 0.0602. The fraction of sp³-hybridized carbons (Fsp3) is 0.318. The van der Waals surface area contributed by atoms with Crippen LogP contribution in [0.15, 0.2) is 30.5 Å². The number of aromatic nitrogens is 3. The van der Waals surface area contributed by atoms with Crippen LogP contribution >= 0.6 is 0 Å². The van der Waals surface area contributed by atoms with Crippen molar-refractivity contribution in [2.75, 3.05) is 13.7 Å². The number of amides is 1. The summed E-state index contributed by atoms with van der Waals surface area (Å²) in [5.41, 5.74) is 2.27. The summed E-state index contributed by atoms with van der Waals surface area (Å²) in [5.74, 6) is -0.887. The number of ether oxygens (including phenoxy) is 1. The van der Waals surface area contributed by atoms with Gasteiger partial charge in [-0.05, 0) is 24.1 Å². The monoisotopic (exact) mass is 405 g/mol. The first-order valence-corrected chi connectivity index (χ1v) is 9.74. The predicted octanol–water partition coefficient (Wildman–Crippen LogP) is 3.21. The minimum absolute atomic E-state index is 0.165. The van der Waals surface area contributed by atoms with Crippen LogP contribution in [-0.4, -0.2) is 40.3 Å². The van der Waals surface area contributed by atoms with Crippen LogP contribution in [0.3, 0.4) is 0 Å². The average Bonchev–Trinajstić information content (AvgIpc) is 3.14. The molecule has 1 amide bonds.